The van der Waals surface area contributed by atoms with Crippen molar-refractivity contribution in [2.75, 3.05) is 9.80 Å². The minimum Gasteiger partial charge on any atom is -0.311 e. The van der Waals surface area contributed by atoms with Gasteiger partial charge in [-0.2, -0.15) is 0 Å². The predicted octanol–water partition coefficient (Wildman–Crippen LogP) is 26.1. The molecule has 440 valence electrons. The first kappa shape index (κ1) is 55.7. The SMILES string of the molecule is c1ccc(-c2ccc(N(c3ccc(-c4cccc5ccccc45)cc3)c3ccc(-c4cccc5cc(-c6ccc7c(-c8ccc(N(c9ccc(-c%10cccc%11ccccc%10%11)cc9)c9ccc(-c%10cccc%11ccccc%10%11)cc9)cc8)cccc7c6)ccc45)cc3)cc2)cc1. The second-order valence-electron chi connectivity index (χ2n) is 24.4. The second kappa shape index (κ2) is 24.1. The highest BCUT2D eigenvalue weighted by Gasteiger charge is 2.19. The number of hydrogen-bond donors (Lipinski definition) is 0. The van der Waals surface area contributed by atoms with Gasteiger partial charge >= 0.3 is 0 Å². The molecule has 0 saturated heterocycles. The third-order valence-electron chi connectivity index (χ3n) is 18.9. The smallest absolute Gasteiger partial charge is 0.0462 e. The maximum atomic E-state index is 2.37. The van der Waals surface area contributed by atoms with Crippen LogP contribution < -0.4 is 9.80 Å². The molecule has 0 fully saturated rings. The Balaban J connectivity index is 0.657. The molecule has 0 saturated carbocycles. The molecule has 2 heteroatoms. The van der Waals surface area contributed by atoms with E-state index in [0.29, 0.717) is 0 Å². The number of fused-ring (bicyclic) bond motifs is 5. The standard InChI is InChI=1S/C92H62N2/c1-2-15-63(16-3-1)64-33-47-77(48-34-64)93(78-49-35-68(36-50-78)86-28-10-20-65-17-4-7-25-83(65)86)79-55-41-71(42-56-79)89-31-13-23-75-61-73(45-59-91(75)89)74-46-60-92-76(62-74)24-14-32-90(92)72-43-57-82(58-44-72)94(80-51-37-69(38-52-80)87-29-11-21-66-18-5-8-26-84(66)87)81-53-39-70(40-54-81)88-30-12-22-67-19-6-9-27-85(67)88/h1-62H. The molecular weight excluding hydrogens is 1130 g/mol. The zero-order chi connectivity index (χ0) is 62.3. The first-order chi connectivity index (χ1) is 46.6. The molecule has 17 aromatic rings. The Morgan fingerprint density at radius 1 is 0.128 bits per heavy atom. The van der Waals surface area contributed by atoms with Crippen LogP contribution in [0.25, 0.3) is 132 Å². The Morgan fingerprint density at radius 3 is 0.638 bits per heavy atom. The summed E-state index contributed by atoms with van der Waals surface area (Å²) in [6.45, 7) is 0. The molecule has 0 amide bonds. The summed E-state index contributed by atoms with van der Waals surface area (Å²) in [7, 11) is 0. The Labute approximate surface area is 548 Å². The van der Waals surface area contributed by atoms with Crippen LogP contribution in [0.4, 0.5) is 34.1 Å². The highest BCUT2D eigenvalue weighted by Crippen LogP contribution is 2.43. The average Bonchev–Trinajstić information content (AvgIpc) is 0.813. The van der Waals surface area contributed by atoms with Gasteiger partial charge in [-0.1, -0.05) is 291 Å². The zero-order valence-electron chi connectivity index (χ0n) is 51.7. The van der Waals surface area contributed by atoms with E-state index in [2.05, 4.69) is 386 Å². The summed E-state index contributed by atoms with van der Waals surface area (Å²) in [4.78, 5) is 4.73. The first-order valence-electron chi connectivity index (χ1n) is 32.4. The van der Waals surface area contributed by atoms with E-state index in [-0.39, 0.29) is 0 Å². The van der Waals surface area contributed by atoms with Crippen LogP contribution in [-0.2, 0) is 0 Å². The van der Waals surface area contributed by atoms with Crippen molar-refractivity contribution in [1.29, 1.82) is 0 Å². The van der Waals surface area contributed by atoms with Crippen LogP contribution in [-0.4, -0.2) is 0 Å². The summed E-state index contributed by atoms with van der Waals surface area (Å²) < 4.78 is 0. The number of rotatable bonds is 13. The highest BCUT2D eigenvalue weighted by atomic mass is 15.1. The minimum atomic E-state index is 1.08. The van der Waals surface area contributed by atoms with Gasteiger partial charge in [0.25, 0.3) is 0 Å². The number of hydrogen-bond acceptors (Lipinski definition) is 2. The molecule has 0 unspecified atom stereocenters. The molecule has 0 bridgehead atoms. The molecule has 0 spiro atoms. The van der Waals surface area contributed by atoms with E-state index in [4.69, 9.17) is 0 Å². The van der Waals surface area contributed by atoms with Crippen molar-refractivity contribution in [3.8, 4) is 77.9 Å². The third kappa shape index (κ3) is 10.5. The molecule has 0 aromatic heterocycles. The summed E-state index contributed by atoms with van der Waals surface area (Å²) in [6.07, 6.45) is 0. The topological polar surface area (TPSA) is 6.48 Å². The van der Waals surface area contributed by atoms with Crippen molar-refractivity contribution in [1.82, 2.24) is 0 Å². The van der Waals surface area contributed by atoms with Crippen molar-refractivity contribution in [3.63, 3.8) is 0 Å². The summed E-state index contributed by atoms with van der Waals surface area (Å²) in [5.41, 5.74) is 23.3. The zero-order valence-corrected chi connectivity index (χ0v) is 51.7. The van der Waals surface area contributed by atoms with Gasteiger partial charge < -0.3 is 9.80 Å². The predicted molar refractivity (Wildman–Crippen MR) is 401 cm³/mol. The number of anilines is 6. The van der Waals surface area contributed by atoms with Crippen LogP contribution in [0, 0.1) is 0 Å². The molecule has 17 aromatic carbocycles. The van der Waals surface area contributed by atoms with Gasteiger partial charge in [0.15, 0.2) is 0 Å². The van der Waals surface area contributed by atoms with Crippen LogP contribution in [0.5, 0.6) is 0 Å². The molecular formula is C92H62N2. The lowest BCUT2D eigenvalue weighted by Gasteiger charge is -2.26. The van der Waals surface area contributed by atoms with Gasteiger partial charge in [-0.15, -0.1) is 0 Å². The van der Waals surface area contributed by atoms with Crippen LogP contribution in [0.2, 0.25) is 0 Å². The highest BCUT2D eigenvalue weighted by molar-refractivity contribution is 6.04. The van der Waals surface area contributed by atoms with E-state index >= 15 is 0 Å². The van der Waals surface area contributed by atoms with Crippen molar-refractivity contribution >= 4 is 88.0 Å². The van der Waals surface area contributed by atoms with Gasteiger partial charge in [-0.25, -0.2) is 0 Å². The summed E-state index contributed by atoms with van der Waals surface area (Å²) in [5.74, 6) is 0. The van der Waals surface area contributed by atoms with Crippen molar-refractivity contribution in [2.45, 2.75) is 0 Å². The average molecular weight is 1200 g/mol. The number of benzene rings is 17. The largest absolute Gasteiger partial charge is 0.311 e. The van der Waals surface area contributed by atoms with Crippen molar-refractivity contribution in [2.24, 2.45) is 0 Å². The summed E-state index contributed by atoms with van der Waals surface area (Å²) in [6, 6.07) is 138. The Kier molecular flexibility index (Phi) is 14.3. The summed E-state index contributed by atoms with van der Waals surface area (Å²) in [5, 5.41) is 12.3. The van der Waals surface area contributed by atoms with Gasteiger partial charge in [-0.3, -0.25) is 0 Å². The van der Waals surface area contributed by atoms with E-state index in [1.807, 2.05) is 0 Å². The Morgan fingerprint density at radius 2 is 0.340 bits per heavy atom. The van der Waals surface area contributed by atoms with Crippen molar-refractivity contribution < 1.29 is 0 Å². The molecule has 0 aliphatic carbocycles. The Bertz CT molecular complexity index is 5480. The van der Waals surface area contributed by atoms with Crippen molar-refractivity contribution in [3.05, 3.63) is 376 Å². The minimum absolute atomic E-state index is 1.08. The molecule has 0 radical (unpaired) electrons. The molecule has 0 aliphatic heterocycles. The maximum absolute atomic E-state index is 2.37. The van der Waals surface area contributed by atoms with Crippen LogP contribution >= 0.6 is 0 Å². The molecule has 94 heavy (non-hydrogen) atoms. The lowest BCUT2D eigenvalue weighted by molar-refractivity contribution is 1.28. The lowest BCUT2D eigenvalue weighted by atomic mass is 9.93. The van der Waals surface area contributed by atoms with Gasteiger partial charge in [0, 0.05) is 34.1 Å². The van der Waals surface area contributed by atoms with E-state index in [1.54, 1.807) is 0 Å². The van der Waals surface area contributed by atoms with Crippen LogP contribution in [0.3, 0.4) is 0 Å². The fourth-order valence-electron chi connectivity index (χ4n) is 14.1. The van der Waals surface area contributed by atoms with Gasteiger partial charge in [0.2, 0.25) is 0 Å². The molecule has 0 aliphatic rings. The first-order valence-corrected chi connectivity index (χ1v) is 32.4. The Hall–Kier alpha value is -12.4. The third-order valence-corrected chi connectivity index (χ3v) is 18.9. The molecule has 0 N–H and O–H groups in total. The molecule has 0 atom stereocenters. The van der Waals surface area contributed by atoms with E-state index in [9.17, 15) is 0 Å². The fourth-order valence-corrected chi connectivity index (χ4v) is 14.1. The normalized spacial score (nSPS) is 11.4. The number of nitrogens with zero attached hydrogens (tertiary/aromatic N) is 2. The molecule has 17 rings (SSSR count). The summed E-state index contributed by atoms with van der Waals surface area (Å²) >= 11 is 0. The quantitative estimate of drug-likeness (QED) is 0.114. The molecule has 0 heterocycles. The van der Waals surface area contributed by atoms with Gasteiger partial charge in [0.05, 0.1) is 0 Å². The maximum Gasteiger partial charge on any atom is 0.0462 e. The monoisotopic (exact) mass is 1190 g/mol. The lowest BCUT2D eigenvalue weighted by Crippen LogP contribution is -2.09. The van der Waals surface area contributed by atoms with Crippen LogP contribution in [0.1, 0.15) is 0 Å². The molecule has 2 nitrogen and oxygen atoms in total. The van der Waals surface area contributed by atoms with E-state index in [1.165, 1.54) is 132 Å². The fraction of sp³-hybridized carbons (Fsp3) is 0. The van der Waals surface area contributed by atoms with Crippen LogP contribution in [0.15, 0.2) is 376 Å². The van der Waals surface area contributed by atoms with E-state index in [0.717, 1.165) is 34.1 Å². The second-order valence-corrected chi connectivity index (χ2v) is 24.4. The van der Waals surface area contributed by atoms with E-state index < -0.39 is 0 Å². The van der Waals surface area contributed by atoms with Gasteiger partial charge in [0.1, 0.15) is 0 Å². The van der Waals surface area contributed by atoms with Gasteiger partial charge in [-0.05, 0) is 217 Å².